The Labute approximate surface area is 241 Å². The molecule has 1 saturated carbocycles. The minimum absolute atomic E-state index is 0.0876. The van der Waals surface area contributed by atoms with E-state index < -0.39 is 14.3 Å². The second-order valence-corrected chi connectivity index (χ2v) is 18.5. The quantitative estimate of drug-likeness (QED) is 0.234. The molecule has 214 valence electrons. The molecule has 0 aliphatic heterocycles. The van der Waals surface area contributed by atoms with Crippen LogP contribution < -0.4 is 4.74 Å². The number of ether oxygens (including phenoxy) is 2. The van der Waals surface area contributed by atoms with Crippen molar-refractivity contribution in [3.8, 4) is 5.75 Å². The molecule has 0 saturated heterocycles. The summed E-state index contributed by atoms with van der Waals surface area (Å²) in [4.78, 5) is 4.87. The molecule has 39 heavy (non-hydrogen) atoms. The van der Waals surface area contributed by atoms with Crippen LogP contribution in [0.25, 0.3) is 11.0 Å². The van der Waals surface area contributed by atoms with E-state index in [-0.39, 0.29) is 12.0 Å². The van der Waals surface area contributed by atoms with Gasteiger partial charge in [-0.1, -0.05) is 78.6 Å². The summed E-state index contributed by atoms with van der Waals surface area (Å²) >= 11 is 6.82. The van der Waals surface area contributed by atoms with Crippen LogP contribution in [0, 0.1) is 11.8 Å². The van der Waals surface area contributed by atoms with Crippen molar-refractivity contribution in [2.45, 2.75) is 103 Å². The van der Waals surface area contributed by atoms with Crippen LogP contribution >= 0.6 is 11.6 Å². The van der Waals surface area contributed by atoms with Crippen molar-refractivity contribution in [3.63, 3.8) is 0 Å². The van der Waals surface area contributed by atoms with Crippen LogP contribution in [0.5, 0.6) is 5.75 Å². The lowest BCUT2D eigenvalue weighted by Gasteiger charge is -2.44. The molecule has 0 bridgehead atoms. The van der Waals surface area contributed by atoms with Crippen molar-refractivity contribution in [2.24, 2.45) is 11.8 Å². The zero-order valence-corrected chi connectivity index (χ0v) is 26.7. The van der Waals surface area contributed by atoms with E-state index in [1.165, 1.54) is 0 Å². The Bertz CT molecular complexity index is 1220. The standard InChI is InChI=1S/C32H47ClN2O3Si/c1-9-24-16-26(38-19-23-10-12-25(37-8)13-11-23)17-28(24)31(36)30-27-14-15-35(32(27)34-18-29(30)33)39(20(2)3,21(4)5)22(6)7/h10-15,18,20-22,24,26,28,31,36H,9,16-17,19H2,1-8H3. The molecule has 1 aliphatic rings. The SMILES string of the molecule is CCC1CC(OCc2ccc(OC)cc2)CC1C(O)c1c(Cl)cnc2c1ccn2[Si](C(C)C)(C(C)C)C(C)C. The third-order valence-electron chi connectivity index (χ3n) is 9.48. The fourth-order valence-electron chi connectivity index (χ4n) is 7.78. The average Bonchev–Trinajstić information content (AvgIpc) is 3.51. The van der Waals surface area contributed by atoms with E-state index in [9.17, 15) is 5.11 Å². The molecule has 1 aromatic carbocycles. The zero-order chi connectivity index (χ0) is 28.5. The molecule has 0 spiro atoms. The number of methoxy groups -OCH3 is 1. The second-order valence-electron chi connectivity index (χ2n) is 12.3. The average molecular weight is 571 g/mol. The van der Waals surface area contributed by atoms with E-state index in [4.69, 9.17) is 26.1 Å². The minimum atomic E-state index is -2.00. The Hall–Kier alpha value is -1.86. The lowest BCUT2D eigenvalue weighted by atomic mass is 9.85. The number of pyridine rings is 1. The van der Waals surface area contributed by atoms with Crippen LogP contribution in [0.3, 0.4) is 0 Å². The van der Waals surface area contributed by atoms with Gasteiger partial charge < -0.3 is 18.8 Å². The number of aliphatic hydroxyl groups excluding tert-OH is 1. The van der Waals surface area contributed by atoms with Gasteiger partial charge in [0.1, 0.15) is 11.4 Å². The molecule has 1 N–H and O–H groups in total. The van der Waals surface area contributed by atoms with Gasteiger partial charge in [-0.2, -0.15) is 0 Å². The first-order valence-corrected chi connectivity index (χ1v) is 17.2. The molecule has 4 rings (SSSR count). The van der Waals surface area contributed by atoms with Crippen LogP contribution in [-0.2, 0) is 11.3 Å². The number of rotatable bonds is 11. The molecule has 3 aromatic rings. The number of hydrogen-bond acceptors (Lipinski definition) is 4. The topological polar surface area (TPSA) is 56.5 Å². The summed E-state index contributed by atoms with van der Waals surface area (Å²) in [5.74, 6) is 1.31. The van der Waals surface area contributed by atoms with Crippen LogP contribution in [0.1, 0.15) is 85.0 Å². The van der Waals surface area contributed by atoms with Crippen LogP contribution in [-0.4, -0.2) is 35.8 Å². The predicted molar refractivity (Wildman–Crippen MR) is 164 cm³/mol. The van der Waals surface area contributed by atoms with Crippen LogP contribution in [0.2, 0.25) is 21.6 Å². The Balaban J connectivity index is 1.63. The molecule has 1 aliphatic carbocycles. The van der Waals surface area contributed by atoms with Crippen molar-refractivity contribution in [1.29, 1.82) is 0 Å². The number of nitrogens with zero attached hydrogens (tertiary/aromatic N) is 2. The molecule has 5 nitrogen and oxygen atoms in total. The summed E-state index contributed by atoms with van der Waals surface area (Å²) in [5.41, 5.74) is 4.56. The second kappa shape index (κ2) is 12.3. The van der Waals surface area contributed by atoms with Crippen molar-refractivity contribution in [3.05, 3.63) is 58.9 Å². The number of aromatic nitrogens is 2. The van der Waals surface area contributed by atoms with Gasteiger partial charge in [-0.25, -0.2) is 4.98 Å². The molecule has 2 aromatic heterocycles. The highest BCUT2D eigenvalue weighted by Gasteiger charge is 2.46. The van der Waals surface area contributed by atoms with Gasteiger partial charge in [0.05, 0.1) is 30.9 Å². The largest absolute Gasteiger partial charge is 0.497 e. The Morgan fingerprint density at radius 1 is 1.03 bits per heavy atom. The molecule has 0 amide bonds. The van der Waals surface area contributed by atoms with E-state index in [1.807, 2.05) is 24.3 Å². The van der Waals surface area contributed by atoms with E-state index >= 15 is 0 Å². The van der Waals surface area contributed by atoms with Crippen LogP contribution in [0.15, 0.2) is 42.7 Å². The summed E-state index contributed by atoms with van der Waals surface area (Å²) in [6.45, 7) is 16.9. The van der Waals surface area contributed by atoms with Crippen LogP contribution in [0.4, 0.5) is 0 Å². The van der Waals surface area contributed by atoms with Gasteiger partial charge >= 0.3 is 0 Å². The normalized spacial score (nSPS) is 21.0. The summed E-state index contributed by atoms with van der Waals surface area (Å²) < 4.78 is 14.1. The number of aliphatic hydroxyl groups is 1. The van der Waals surface area contributed by atoms with E-state index in [0.29, 0.717) is 34.2 Å². The Morgan fingerprint density at radius 2 is 1.67 bits per heavy atom. The number of halogens is 1. The van der Waals surface area contributed by atoms with E-state index in [0.717, 1.165) is 47.2 Å². The van der Waals surface area contributed by atoms with Gasteiger partial charge in [-0.3, -0.25) is 0 Å². The maximum atomic E-state index is 11.9. The van der Waals surface area contributed by atoms with E-state index in [2.05, 4.69) is 65.0 Å². The van der Waals surface area contributed by atoms with Crippen molar-refractivity contribution in [2.75, 3.05) is 7.11 Å². The molecule has 2 heterocycles. The highest BCUT2D eigenvalue weighted by atomic mass is 35.5. The van der Waals surface area contributed by atoms with Crippen molar-refractivity contribution < 1.29 is 14.6 Å². The summed E-state index contributed by atoms with van der Waals surface area (Å²) in [5, 5.41) is 13.5. The van der Waals surface area contributed by atoms with Gasteiger partial charge in [0, 0.05) is 17.1 Å². The molecular weight excluding hydrogens is 524 g/mol. The fourth-order valence-corrected chi connectivity index (χ4v) is 14.6. The molecular formula is C32H47ClN2O3Si. The van der Waals surface area contributed by atoms with Crippen molar-refractivity contribution >= 4 is 30.9 Å². The maximum Gasteiger partial charge on any atom is 0.171 e. The first-order chi connectivity index (χ1) is 18.6. The van der Waals surface area contributed by atoms with Gasteiger partial charge in [0.15, 0.2) is 8.24 Å². The highest BCUT2D eigenvalue weighted by Crippen LogP contribution is 2.48. The molecule has 0 radical (unpaired) electrons. The first-order valence-electron chi connectivity index (χ1n) is 14.6. The minimum Gasteiger partial charge on any atom is -0.497 e. The zero-order valence-electron chi connectivity index (χ0n) is 24.9. The van der Waals surface area contributed by atoms with Gasteiger partial charge in [-0.05, 0) is 71.3 Å². The van der Waals surface area contributed by atoms with E-state index in [1.54, 1.807) is 13.3 Å². The molecule has 4 unspecified atom stereocenters. The fraction of sp³-hybridized carbons (Fsp3) is 0.594. The lowest BCUT2D eigenvalue weighted by molar-refractivity contribution is 0.0332. The monoisotopic (exact) mass is 570 g/mol. The number of fused-ring (bicyclic) bond motifs is 1. The summed E-state index contributed by atoms with van der Waals surface area (Å²) in [7, 11) is -0.325. The molecule has 7 heteroatoms. The third kappa shape index (κ3) is 5.55. The summed E-state index contributed by atoms with van der Waals surface area (Å²) in [6, 6.07) is 10.2. The number of benzene rings is 1. The predicted octanol–water partition coefficient (Wildman–Crippen LogP) is 8.78. The van der Waals surface area contributed by atoms with Gasteiger partial charge in [-0.15, -0.1) is 0 Å². The Morgan fingerprint density at radius 3 is 2.23 bits per heavy atom. The number of hydrogen-bond donors (Lipinski definition) is 1. The Kier molecular flexibility index (Phi) is 9.52. The molecule has 1 fully saturated rings. The third-order valence-corrected chi connectivity index (χ3v) is 16.5. The lowest BCUT2D eigenvalue weighted by Crippen LogP contribution is -2.51. The maximum absolute atomic E-state index is 11.9. The first kappa shape index (κ1) is 30.1. The van der Waals surface area contributed by atoms with Crippen molar-refractivity contribution in [1.82, 2.24) is 9.22 Å². The van der Waals surface area contributed by atoms with Gasteiger partial charge in [0.2, 0.25) is 0 Å². The smallest absolute Gasteiger partial charge is 0.171 e. The molecule has 4 atom stereocenters. The van der Waals surface area contributed by atoms with Gasteiger partial charge in [0.25, 0.3) is 0 Å². The highest BCUT2D eigenvalue weighted by molar-refractivity contribution is 6.82. The summed E-state index contributed by atoms with van der Waals surface area (Å²) in [6.07, 6.45) is 6.20.